The lowest BCUT2D eigenvalue weighted by atomic mass is 10.1. The number of alkyl halides is 1. The van der Waals surface area contributed by atoms with Gasteiger partial charge in [0.05, 0.1) is 10.6 Å². The largest absolute Gasteiger partial charge is 0.224 e. The molecule has 1 aromatic carbocycles. The topological polar surface area (TPSA) is 34.1 Å². The van der Waals surface area contributed by atoms with E-state index < -0.39 is 15.7 Å². The van der Waals surface area contributed by atoms with Gasteiger partial charge in [-0.15, -0.1) is 0 Å². The second kappa shape index (κ2) is 6.50. The fourth-order valence-electron chi connectivity index (χ4n) is 1.66. The summed E-state index contributed by atoms with van der Waals surface area (Å²) in [7, 11) is -3.31. The monoisotopic (exact) mass is 322 g/mol. The van der Waals surface area contributed by atoms with E-state index in [9.17, 15) is 12.8 Å². The van der Waals surface area contributed by atoms with Crippen LogP contribution in [0.25, 0.3) is 0 Å². The Morgan fingerprint density at radius 1 is 1.29 bits per heavy atom. The minimum atomic E-state index is -3.31. The van der Waals surface area contributed by atoms with E-state index in [-0.39, 0.29) is 16.6 Å². The number of halogens is 2. The third kappa shape index (κ3) is 4.39. The highest BCUT2D eigenvalue weighted by atomic mass is 79.9. The van der Waals surface area contributed by atoms with Crippen LogP contribution < -0.4 is 0 Å². The first-order valence-electron chi connectivity index (χ1n) is 5.54. The molecule has 0 aliphatic heterocycles. The molecule has 0 saturated carbocycles. The fraction of sp³-hybridized carbons (Fsp3) is 0.500. The normalized spacial score (nSPS) is 13.6. The quantitative estimate of drug-likeness (QED) is 0.594. The van der Waals surface area contributed by atoms with Gasteiger partial charge < -0.3 is 0 Å². The van der Waals surface area contributed by atoms with Crippen molar-refractivity contribution < 1.29 is 12.8 Å². The lowest BCUT2D eigenvalue weighted by molar-refractivity contribution is 0.551. The zero-order chi connectivity index (χ0) is 12.9. The molecule has 2 nitrogen and oxygen atoms in total. The van der Waals surface area contributed by atoms with Crippen LogP contribution in [0, 0.1) is 11.7 Å². The average Bonchev–Trinajstić information content (AvgIpc) is 2.28. The summed E-state index contributed by atoms with van der Waals surface area (Å²) in [5.74, 6) is -0.206. The fourth-order valence-corrected chi connectivity index (χ4v) is 4.17. The van der Waals surface area contributed by atoms with Crippen LogP contribution in [0.1, 0.15) is 19.8 Å². The van der Waals surface area contributed by atoms with E-state index >= 15 is 0 Å². The van der Waals surface area contributed by atoms with Crippen LogP contribution in [0.3, 0.4) is 0 Å². The minimum absolute atomic E-state index is 0.107. The molecule has 0 N–H and O–H groups in total. The van der Waals surface area contributed by atoms with E-state index in [1.165, 1.54) is 24.3 Å². The highest BCUT2D eigenvalue weighted by Gasteiger charge is 2.20. The van der Waals surface area contributed by atoms with Crippen LogP contribution in [-0.2, 0) is 9.84 Å². The zero-order valence-corrected chi connectivity index (χ0v) is 12.1. The van der Waals surface area contributed by atoms with Crippen molar-refractivity contribution >= 4 is 25.8 Å². The molecule has 0 heterocycles. The molecule has 0 radical (unpaired) electrons. The third-order valence-corrected chi connectivity index (χ3v) is 5.36. The number of sulfone groups is 1. The Morgan fingerprint density at radius 3 is 2.35 bits per heavy atom. The second-order valence-electron chi connectivity index (χ2n) is 4.04. The molecule has 17 heavy (non-hydrogen) atoms. The maximum absolute atomic E-state index is 12.7. The molecular formula is C12H16BrFO2S. The molecule has 0 bridgehead atoms. The highest BCUT2D eigenvalue weighted by Crippen LogP contribution is 2.19. The Kier molecular flexibility index (Phi) is 5.59. The third-order valence-electron chi connectivity index (χ3n) is 2.54. The van der Waals surface area contributed by atoms with Gasteiger partial charge in [-0.2, -0.15) is 0 Å². The lowest BCUT2D eigenvalue weighted by Gasteiger charge is -2.13. The van der Waals surface area contributed by atoms with Crippen molar-refractivity contribution in [2.24, 2.45) is 5.92 Å². The first-order valence-corrected chi connectivity index (χ1v) is 8.31. The number of benzene rings is 1. The maximum Gasteiger partial charge on any atom is 0.178 e. The molecular weight excluding hydrogens is 307 g/mol. The molecule has 0 aliphatic carbocycles. The molecule has 0 fully saturated rings. The van der Waals surface area contributed by atoms with E-state index in [0.717, 1.165) is 12.8 Å². The van der Waals surface area contributed by atoms with Gasteiger partial charge in [0.15, 0.2) is 9.84 Å². The predicted octanol–water partition coefficient (Wildman–Crippen LogP) is 3.41. The van der Waals surface area contributed by atoms with Crippen molar-refractivity contribution in [3.8, 4) is 0 Å². The van der Waals surface area contributed by atoms with E-state index in [4.69, 9.17) is 0 Å². The van der Waals surface area contributed by atoms with Crippen molar-refractivity contribution in [2.45, 2.75) is 24.7 Å². The molecule has 1 aromatic rings. The highest BCUT2D eigenvalue weighted by molar-refractivity contribution is 9.09. The van der Waals surface area contributed by atoms with Crippen molar-refractivity contribution in [2.75, 3.05) is 11.1 Å². The average molecular weight is 323 g/mol. The molecule has 1 atom stereocenters. The summed E-state index contributed by atoms with van der Waals surface area (Å²) in [5.41, 5.74) is 0. The summed E-state index contributed by atoms with van der Waals surface area (Å²) in [6.45, 7) is 2.03. The molecule has 5 heteroatoms. The van der Waals surface area contributed by atoms with Crippen LogP contribution in [0.4, 0.5) is 4.39 Å². The van der Waals surface area contributed by atoms with E-state index in [0.29, 0.717) is 5.33 Å². The molecule has 0 amide bonds. The van der Waals surface area contributed by atoms with Gasteiger partial charge >= 0.3 is 0 Å². The Labute approximate surface area is 110 Å². The molecule has 96 valence electrons. The maximum atomic E-state index is 12.7. The molecule has 0 saturated heterocycles. The first kappa shape index (κ1) is 14.6. The first-order chi connectivity index (χ1) is 7.99. The Morgan fingerprint density at radius 2 is 1.88 bits per heavy atom. The smallest absolute Gasteiger partial charge is 0.178 e. The SMILES string of the molecule is CCCC(CBr)CS(=O)(=O)c1ccc(F)cc1. The second-order valence-corrected chi connectivity index (χ2v) is 6.73. The van der Waals surface area contributed by atoms with Gasteiger partial charge in [0.2, 0.25) is 0 Å². The summed E-state index contributed by atoms with van der Waals surface area (Å²) >= 11 is 3.33. The molecule has 1 unspecified atom stereocenters. The molecule has 0 spiro atoms. The van der Waals surface area contributed by atoms with Gasteiger partial charge in [-0.05, 0) is 36.6 Å². The summed E-state index contributed by atoms with van der Waals surface area (Å²) in [6, 6.07) is 5.00. The van der Waals surface area contributed by atoms with Crippen LogP contribution in [0.2, 0.25) is 0 Å². The number of rotatable bonds is 6. The Balaban J connectivity index is 2.84. The summed E-state index contributed by atoms with van der Waals surface area (Å²) in [4.78, 5) is 0.195. The van der Waals surface area contributed by atoms with Crippen LogP contribution >= 0.6 is 15.9 Å². The molecule has 1 rings (SSSR count). The number of hydrogen-bond acceptors (Lipinski definition) is 2. The van der Waals surface area contributed by atoms with Gasteiger partial charge in [0, 0.05) is 5.33 Å². The van der Waals surface area contributed by atoms with Crippen molar-refractivity contribution in [3.05, 3.63) is 30.1 Å². The van der Waals surface area contributed by atoms with Crippen LogP contribution in [-0.4, -0.2) is 19.5 Å². The Hall–Kier alpha value is -0.420. The minimum Gasteiger partial charge on any atom is -0.224 e. The zero-order valence-electron chi connectivity index (χ0n) is 9.70. The Bertz CT molecular complexity index is 442. The summed E-state index contributed by atoms with van der Waals surface area (Å²) in [5, 5.41) is 0.668. The lowest BCUT2D eigenvalue weighted by Crippen LogP contribution is -2.17. The van der Waals surface area contributed by atoms with Gasteiger partial charge in [-0.1, -0.05) is 29.3 Å². The van der Waals surface area contributed by atoms with Crippen molar-refractivity contribution in [1.82, 2.24) is 0 Å². The van der Waals surface area contributed by atoms with Crippen molar-refractivity contribution in [1.29, 1.82) is 0 Å². The summed E-state index contributed by atoms with van der Waals surface area (Å²) < 4.78 is 36.8. The van der Waals surface area contributed by atoms with E-state index in [1.54, 1.807) is 0 Å². The van der Waals surface area contributed by atoms with Crippen LogP contribution in [0.5, 0.6) is 0 Å². The molecule has 0 aliphatic rings. The summed E-state index contributed by atoms with van der Waals surface area (Å²) in [6.07, 6.45) is 1.82. The molecule has 0 aromatic heterocycles. The van der Waals surface area contributed by atoms with Gasteiger partial charge in [-0.25, -0.2) is 12.8 Å². The standard InChI is InChI=1S/C12H16BrFO2S/c1-2-3-10(8-13)9-17(15,16)12-6-4-11(14)5-7-12/h4-7,10H,2-3,8-9H2,1H3. The van der Waals surface area contributed by atoms with Gasteiger partial charge in [-0.3, -0.25) is 0 Å². The van der Waals surface area contributed by atoms with E-state index in [2.05, 4.69) is 15.9 Å². The van der Waals surface area contributed by atoms with Gasteiger partial charge in [0.1, 0.15) is 5.82 Å². The predicted molar refractivity (Wildman–Crippen MR) is 70.6 cm³/mol. The van der Waals surface area contributed by atoms with Gasteiger partial charge in [0.25, 0.3) is 0 Å². The van der Waals surface area contributed by atoms with Crippen LogP contribution in [0.15, 0.2) is 29.2 Å². The van der Waals surface area contributed by atoms with E-state index in [1.807, 2.05) is 6.92 Å². The number of hydrogen-bond donors (Lipinski definition) is 0. The van der Waals surface area contributed by atoms with Crippen molar-refractivity contribution in [3.63, 3.8) is 0 Å².